The van der Waals surface area contributed by atoms with Crippen LogP contribution in [0.1, 0.15) is 16.1 Å². The van der Waals surface area contributed by atoms with Gasteiger partial charge in [0.15, 0.2) is 0 Å². The van der Waals surface area contributed by atoms with Crippen molar-refractivity contribution in [2.45, 2.75) is 6.92 Å². The van der Waals surface area contributed by atoms with Gasteiger partial charge in [-0.25, -0.2) is 9.78 Å². The first kappa shape index (κ1) is 18.4. The fourth-order valence-electron chi connectivity index (χ4n) is 2.97. The maximum absolute atomic E-state index is 11.6. The Morgan fingerprint density at radius 2 is 1.76 bits per heavy atom. The third kappa shape index (κ3) is 4.14. The lowest BCUT2D eigenvalue weighted by Crippen LogP contribution is -2.04. The van der Waals surface area contributed by atoms with E-state index < -0.39 is 0 Å². The van der Waals surface area contributed by atoms with Gasteiger partial charge in [0.2, 0.25) is 5.95 Å². The summed E-state index contributed by atoms with van der Waals surface area (Å²) in [6.07, 6.45) is 1.77. The van der Waals surface area contributed by atoms with Crippen LogP contribution >= 0.6 is 0 Å². The molecule has 0 radical (unpaired) electrons. The van der Waals surface area contributed by atoms with Gasteiger partial charge in [0, 0.05) is 29.0 Å². The molecule has 0 spiro atoms. The molecule has 2 aromatic carbocycles. The van der Waals surface area contributed by atoms with E-state index in [1.165, 1.54) is 7.11 Å². The lowest BCUT2D eigenvalue weighted by molar-refractivity contribution is 0.0601. The number of esters is 1. The highest BCUT2D eigenvalue weighted by atomic mass is 16.5. The smallest absolute Gasteiger partial charge is 0.337 e. The van der Waals surface area contributed by atoms with Gasteiger partial charge < -0.3 is 15.4 Å². The van der Waals surface area contributed by atoms with E-state index in [4.69, 9.17) is 4.74 Å². The van der Waals surface area contributed by atoms with Crippen molar-refractivity contribution in [1.29, 1.82) is 0 Å². The van der Waals surface area contributed by atoms with Crippen LogP contribution in [-0.2, 0) is 4.74 Å². The average Bonchev–Trinajstić information content (AvgIpc) is 2.73. The highest BCUT2D eigenvalue weighted by Crippen LogP contribution is 2.25. The number of nitrogens with zero attached hydrogens (tertiary/aromatic N) is 3. The molecule has 0 saturated heterocycles. The quantitative estimate of drug-likeness (QED) is 0.485. The number of carbonyl (C=O) groups is 1. The number of benzene rings is 2. The predicted octanol–water partition coefficient (Wildman–Crippen LogP) is 4.61. The molecule has 29 heavy (non-hydrogen) atoms. The normalized spacial score (nSPS) is 10.6. The topological polar surface area (TPSA) is 89.0 Å². The monoisotopic (exact) mass is 385 g/mol. The fraction of sp³-hybridized carbons (Fsp3) is 0.0909. The van der Waals surface area contributed by atoms with Crippen LogP contribution < -0.4 is 10.6 Å². The predicted molar refractivity (Wildman–Crippen MR) is 113 cm³/mol. The van der Waals surface area contributed by atoms with Crippen molar-refractivity contribution in [2.24, 2.45) is 0 Å². The van der Waals surface area contributed by atoms with Crippen molar-refractivity contribution in [3.05, 3.63) is 78.1 Å². The van der Waals surface area contributed by atoms with Crippen LogP contribution in [-0.4, -0.2) is 28.0 Å². The van der Waals surface area contributed by atoms with Gasteiger partial charge in [-0.2, -0.15) is 4.98 Å². The summed E-state index contributed by atoms with van der Waals surface area (Å²) < 4.78 is 4.72. The molecule has 2 aromatic heterocycles. The number of pyridine rings is 1. The summed E-state index contributed by atoms with van der Waals surface area (Å²) >= 11 is 0. The number of nitrogens with one attached hydrogen (secondary N) is 2. The van der Waals surface area contributed by atoms with Crippen molar-refractivity contribution < 1.29 is 9.53 Å². The van der Waals surface area contributed by atoms with E-state index in [1.54, 1.807) is 30.5 Å². The van der Waals surface area contributed by atoms with Gasteiger partial charge in [-0.05, 0) is 43.3 Å². The van der Waals surface area contributed by atoms with Crippen LogP contribution in [0.3, 0.4) is 0 Å². The lowest BCUT2D eigenvalue weighted by Gasteiger charge is -2.11. The number of aromatic nitrogens is 3. The van der Waals surface area contributed by atoms with Crippen LogP contribution in [0.15, 0.2) is 66.9 Å². The molecular weight excluding hydrogens is 366 g/mol. The Morgan fingerprint density at radius 3 is 2.55 bits per heavy atom. The molecule has 0 aliphatic heterocycles. The maximum atomic E-state index is 11.6. The Kier molecular flexibility index (Phi) is 5.03. The van der Waals surface area contributed by atoms with Crippen molar-refractivity contribution in [2.75, 3.05) is 17.7 Å². The zero-order chi connectivity index (χ0) is 20.2. The van der Waals surface area contributed by atoms with Crippen LogP contribution in [0.2, 0.25) is 0 Å². The van der Waals surface area contributed by atoms with Gasteiger partial charge in [-0.15, -0.1) is 0 Å². The summed E-state index contributed by atoms with van der Waals surface area (Å²) in [7, 11) is 1.36. The van der Waals surface area contributed by atoms with Gasteiger partial charge in [-0.3, -0.25) is 4.98 Å². The minimum Gasteiger partial charge on any atom is -0.465 e. The molecule has 0 bridgehead atoms. The zero-order valence-corrected chi connectivity index (χ0v) is 16.0. The summed E-state index contributed by atoms with van der Waals surface area (Å²) in [4.78, 5) is 25.0. The first-order chi connectivity index (χ1) is 14.1. The summed E-state index contributed by atoms with van der Waals surface area (Å²) in [6, 6.07) is 18.7. The third-order valence-corrected chi connectivity index (χ3v) is 4.31. The molecule has 4 aromatic rings. The van der Waals surface area contributed by atoms with Crippen LogP contribution in [0.5, 0.6) is 0 Å². The molecular formula is C22H19N5O2. The number of hydrogen-bond acceptors (Lipinski definition) is 7. The number of ether oxygens (including phenoxy) is 1. The number of methoxy groups -OCH3 is 1. The van der Waals surface area contributed by atoms with Crippen LogP contribution in [0.4, 0.5) is 23.1 Å². The molecule has 0 aliphatic carbocycles. The second kappa shape index (κ2) is 7.93. The van der Waals surface area contributed by atoms with Gasteiger partial charge in [0.1, 0.15) is 5.82 Å². The Hall–Kier alpha value is -4.00. The van der Waals surface area contributed by atoms with E-state index in [2.05, 4.69) is 25.6 Å². The van der Waals surface area contributed by atoms with Crippen LogP contribution in [0, 0.1) is 6.92 Å². The van der Waals surface area contributed by atoms with E-state index in [0.717, 1.165) is 28.0 Å². The van der Waals surface area contributed by atoms with Crippen molar-refractivity contribution in [1.82, 2.24) is 15.0 Å². The van der Waals surface area contributed by atoms with E-state index >= 15 is 0 Å². The highest BCUT2D eigenvalue weighted by Gasteiger charge is 2.08. The standard InChI is InChI=1S/C22H19N5O2/c1-14-13-19(26-18-7-3-5-15-6-4-12-23-20(15)18)27-22(24-14)25-17-10-8-16(9-11-17)21(28)29-2/h3-13H,1-2H3,(H2,24,25,26,27). The number of rotatable bonds is 5. The van der Waals surface area contributed by atoms with Crippen molar-refractivity contribution >= 4 is 40.0 Å². The SMILES string of the molecule is COC(=O)c1ccc(Nc2nc(C)cc(Nc3cccc4cccnc34)n2)cc1. The Bertz CT molecular complexity index is 1170. The molecule has 0 aliphatic rings. The Morgan fingerprint density at radius 1 is 0.966 bits per heavy atom. The third-order valence-electron chi connectivity index (χ3n) is 4.31. The van der Waals surface area contributed by atoms with E-state index in [1.807, 2.05) is 43.3 Å². The molecule has 7 nitrogen and oxygen atoms in total. The largest absolute Gasteiger partial charge is 0.465 e. The van der Waals surface area contributed by atoms with Gasteiger partial charge in [-0.1, -0.05) is 18.2 Å². The maximum Gasteiger partial charge on any atom is 0.337 e. The molecule has 0 fully saturated rings. The minimum absolute atomic E-state index is 0.376. The average molecular weight is 385 g/mol. The van der Waals surface area contributed by atoms with Gasteiger partial charge >= 0.3 is 5.97 Å². The van der Waals surface area contributed by atoms with Crippen molar-refractivity contribution in [3.63, 3.8) is 0 Å². The first-order valence-corrected chi connectivity index (χ1v) is 9.04. The lowest BCUT2D eigenvalue weighted by atomic mass is 10.2. The summed E-state index contributed by atoms with van der Waals surface area (Å²) in [5, 5.41) is 7.54. The second-order valence-electron chi connectivity index (χ2n) is 6.42. The molecule has 0 amide bonds. The fourth-order valence-corrected chi connectivity index (χ4v) is 2.97. The molecule has 7 heteroatoms. The summed E-state index contributed by atoms with van der Waals surface area (Å²) in [5.41, 5.74) is 3.80. The molecule has 2 N–H and O–H groups in total. The highest BCUT2D eigenvalue weighted by molar-refractivity contribution is 5.92. The van der Waals surface area contributed by atoms with Crippen LogP contribution in [0.25, 0.3) is 10.9 Å². The molecule has 0 saturated carbocycles. The second-order valence-corrected chi connectivity index (χ2v) is 6.42. The summed E-state index contributed by atoms with van der Waals surface area (Å²) in [6.45, 7) is 1.90. The Labute approximate surface area is 167 Å². The number of hydrogen-bond donors (Lipinski definition) is 2. The Balaban J connectivity index is 1.58. The van der Waals surface area contributed by atoms with Crippen molar-refractivity contribution in [3.8, 4) is 0 Å². The van der Waals surface area contributed by atoms with Gasteiger partial charge in [0.25, 0.3) is 0 Å². The molecule has 2 heterocycles. The number of carbonyl (C=O) groups excluding carboxylic acids is 1. The summed E-state index contributed by atoms with van der Waals surface area (Å²) in [5.74, 6) is 0.731. The van der Waals surface area contributed by atoms with Gasteiger partial charge in [0.05, 0.1) is 23.9 Å². The number of aryl methyl sites for hydroxylation is 1. The number of para-hydroxylation sites is 1. The van der Waals surface area contributed by atoms with E-state index in [9.17, 15) is 4.79 Å². The minimum atomic E-state index is -0.376. The number of fused-ring (bicyclic) bond motifs is 1. The molecule has 144 valence electrons. The first-order valence-electron chi connectivity index (χ1n) is 9.04. The van der Waals surface area contributed by atoms with E-state index in [-0.39, 0.29) is 5.97 Å². The van der Waals surface area contributed by atoms with E-state index in [0.29, 0.717) is 17.3 Å². The molecule has 4 rings (SSSR count). The molecule has 0 atom stereocenters. The molecule has 0 unspecified atom stereocenters. The zero-order valence-electron chi connectivity index (χ0n) is 16.0. The number of anilines is 4.